The molecule has 0 unspecified atom stereocenters. The molecule has 1 fully saturated rings. The van der Waals surface area contributed by atoms with Crippen LogP contribution in [-0.4, -0.2) is 59.6 Å². The van der Waals surface area contributed by atoms with Crippen LogP contribution in [0.1, 0.15) is 18.1 Å². The number of aliphatic hydroxyl groups excluding tert-OH is 1. The molecule has 0 spiro atoms. The summed E-state index contributed by atoms with van der Waals surface area (Å²) < 4.78 is 38.9. The first-order chi connectivity index (χ1) is 10.8. The van der Waals surface area contributed by atoms with E-state index in [0.29, 0.717) is 32.7 Å². The zero-order valence-electron chi connectivity index (χ0n) is 13.0. The summed E-state index contributed by atoms with van der Waals surface area (Å²) >= 11 is 0. The standard InChI is InChI=1S/C16H21F3N2O2/c1-12(22)11-20-6-8-21(9-7-20)15(23)10-13-4-2-3-5-14(13)16(17,18)19/h2-5,12,22H,6-11H2,1H3/t12-/m0/s1. The SMILES string of the molecule is C[C@H](O)CN1CCN(C(=O)Cc2ccccc2C(F)(F)F)CC1. The molecule has 0 aliphatic carbocycles. The molecule has 1 aromatic carbocycles. The van der Waals surface area contributed by atoms with Crippen molar-refractivity contribution in [2.75, 3.05) is 32.7 Å². The van der Waals surface area contributed by atoms with E-state index in [9.17, 15) is 23.1 Å². The first kappa shape index (κ1) is 17.7. The summed E-state index contributed by atoms with van der Waals surface area (Å²) in [4.78, 5) is 15.9. The fraction of sp³-hybridized carbons (Fsp3) is 0.562. The molecular weight excluding hydrogens is 309 g/mol. The Morgan fingerprint density at radius 2 is 1.83 bits per heavy atom. The highest BCUT2D eigenvalue weighted by molar-refractivity contribution is 5.79. The maximum Gasteiger partial charge on any atom is 0.416 e. The lowest BCUT2D eigenvalue weighted by molar-refractivity contribution is -0.138. The molecule has 23 heavy (non-hydrogen) atoms. The minimum Gasteiger partial charge on any atom is -0.392 e. The van der Waals surface area contributed by atoms with Gasteiger partial charge < -0.3 is 10.0 Å². The molecule has 7 heteroatoms. The van der Waals surface area contributed by atoms with Gasteiger partial charge in [-0.1, -0.05) is 18.2 Å². The Bertz CT molecular complexity index is 538. The molecule has 1 aliphatic heterocycles. The van der Waals surface area contributed by atoms with Gasteiger partial charge in [0.1, 0.15) is 0 Å². The summed E-state index contributed by atoms with van der Waals surface area (Å²) in [5.41, 5.74) is -0.738. The number of aliphatic hydroxyl groups is 1. The van der Waals surface area contributed by atoms with Crippen molar-refractivity contribution in [3.8, 4) is 0 Å². The number of benzene rings is 1. The van der Waals surface area contributed by atoms with Crippen LogP contribution in [0.15, 0.2) is 24.3 Å². The maximum absolute atomic E-state index is 13.0. The van der Waals surface area contributed by atoms with Crippen LogP contribution in [-0.2, 0) is 17.4 Å². The molecule has 128 valence electrons. The lowest BCUT2D eigenvalue weighted by Crippen LogP contribution is -2.50. The van der Waals surface area contributed by atoms with Crippen LogP contribution in [0.3, 0.4) is 0 Å². The number of piperazine rings is 1. The van der Waals surface area contributed by atoms with E-state index in [2.05, 4.69) is 0 Å². The summed E-state index contributed by atoms with van der Waals surface area (Å²) in [7, 11) is 0. The molecule has 1 amide bonds. The molecule has 1 N–H and O–H groups in total. The van der Waals surface area contributed by atoms with Gasteiger partial charge in [-0.25, -0.2) is 0 Å². The van der Waals surface area contributed by atoms with Crippen molar-refractivity contribution in [1.29, 1.82) is 0 Å². The van der Waals surface area contributed by atoms with Gasteiger partial charge in [0.05, 0.1) is 18.1 Å². The molecule has 1 saturated heterocycles. The lowest BCUT2D eigenvalue weighted by Gasteiger charge is -2.35. The Morgan fingerprint density at radius 1 is 1.22 bits per heavy atom. The van der Waals surface area contributed by atoms with Gasteiger partial charge >= 0.3 is 6.18 Å². The monoisotopic (exact) mass is 330 g/mol. The Balaban J connectivity index is 1.96. The van der Waals surface area contributed by atoms with Crippen LogP contribution in [0.25, 0.3) is 0 Å². The van der Waals surface area contributed by atoms with Gasteiger partial charge in [0, 0.05) is 32.7 Å². The quantitative estimate of drug-likeness (QED) is 0.915. The Labute approximate surface area is 133 Å². The highest BCUT2D eigenvalue weighted by Gasteiger charge is 2.34. The molecule has 2 rings (SSSR count). The number of halogens is 3. The van der Waals surface area contributed by atoms with Crippen LogP contribution in [0.2, 0.25) is 0 Å². The van der Waals surface area contributed by atoms with Crippen molar-refractivity contribution in [3.63, 3.8) is 0 Å². The second kappa shape index (κ2) is 7.31. The molecule has 1 aromatic rings. The van der Waals surface area contributed by atoms with Crippen LogP contribution in [0.4, 0.5) is 13.2 Å². The van der Waals surface area contributed by atoms with Crippen LogP contribution in [0, 0.1) is 0 Å². The number of nitrogens with zero attached hydrogens (tertiary/aromatic N) is 2. The molecule has 0 radical (unpaired) electrons. The van der Waals surface area contributed by atoms with Gasteiger partial charge in [0.2, 0.25) is 5.91 Å². The minimum atomic E-state index is -4.45. The van der Waals surface area contributed by atoms with Gasteiger partial charge in [-0.15, -0.1) is 0 Å². The average molecular weight is 330 g/mol. The lowest BCUT2D eigenvalue weighted by atomic mass is 10.0. The van der Waals surface area contributed by atoms with Crippen LogP contribution >= 0.6 is 0 Å². The highest BCUT2D eigenvalue weighted by Crippen LogP contribution is 2.32. The molecule has 0 saturated carbocycles. The van der Waals surface area contributed by atoms with Crippen LogP contribution < -0.4 is 0 Å². The maximum atomic E-state index is 13.0. The van der Waals surface area contributed by atoms with E-state index in [-0.39, 0.29) is 17.9 Å². The molecule has 1 aliphatic rings. The normalized spacial score (nSPS) is 18.0. The Hall–Kier alpha value is -1.60. The minimum absolute atomic E-state index is 0.0106. The van der Waals surface area contributed by atoms with Gasteiger partial charge in [0.15, 0.2) is 0 Å². The van der Waals surface area contributed by atoms with Gasteiger partial charge in [-0.05, 0) is 18.6 Å². The summed E-state index contributed by atoms with van der Waals surface area (Å²) in [6.45, 7) is 4.43. The predicted molar refractivity (Wildman–Crippen MR) is 79.8 cm³/mol. The number of alkyl halides is 3. The van der Waals surface area contributed by atoms with E-state index in [4.69, 9.17) is 0 Å². The van der Waals surface area contributed by atoms with Crippen molar-refractivity contribution in [1.82, 2.24) is 9.80 Å². The fourth-order valence-electron chi connectivity index (χ4n) is 2.78. The van der Waals surface area contributed by atoms with Crippen molar-refractivity contribution in [3.05, 3.63) is 35.4 Å². The highest BCUT2D eigenvalue weighted by atomic mass is 19.4. The molecule has 0 bridgehead atoms. The summed E-state index contributed by atoms with van der Waals surface area (Å²) in [6, 6.07) is 5.19. The van der Waals surface area contributed by atoms with Gasteiger partial charge in [-0.3, -0.25) is 9.69 Å². The first-order valence-corrected chi connectivity index (χ1v) is 7.60. The number of β-amino-alcohol motifs (C(OH)–C–C–N with tert-alkyl or cyclic N) is 1. The number of hydrogen-bond donors (Lipinski definition) is 1. The van der Waals surface area contributed by atoms with Crippen molar-refractivity contribution in [2.45, 2.75) is 25.6 Å². The van der Waals surface area contributed by atoms with E-state index in [1.807, 2.05) is 4.90 Å². The first-order valence-electron chi connectivity index (χ1n) is 7.60. The second-order valence-corrected chi connectivity index (χ2v) is 5.86. The van der Waals surface area contributed by atoms with E-state index >= 15 is 0 Å². The van der Waals surface area contributed by atoms with Gasteiger partial charge in [-0.2, -0.15) is 13.2 Å². The number of amides is 1. The molecule has 0 aromatic heterocycles. The summed E-state index contributed by atoms with van der Waals surface area (Å²) in [6.07, 6.45) is -5.13. The largest absolute Gasteiger partial charge is 0.416 e. The third-order valence-electron chi connectivity index (χ3n) is 3.91. The van der Waals surface area contributed by atoms with Crippen molar-refractivity contribution < 1.29 is 23.1 Å². The predicted octanol–water partition coefficient (Wildman–Crippen LogP) is 1.77. The van der Waals surface area contributed by atoms with E-state index in [1.54, 1.807) is 11.8 Å². The van der Waals surface area contributed by atoms with E-state index in [0.717, 1.165) is 6.07 Å². The number of carbonyl (C=O) groups is 1. The number of hydrogen-bond acceptors (Lipinski definition) is 3. The summed E-state index contributed by atoms with van der Waals surface area (Å²) in [5, 5.41) is 9.35. The van der Waals surface area contributed by atoms with Gasteiger partial charge in [0.25, 0.3) is 0 Å². The average Bonchev–Trinajstić information content (AvgIpc) is 2.46. The second-order valence-electron chi connectivity index (χ2n) is 5.86. The smallest absolute Gasteiger partial charge is 0.392 e. The fourth-order valence-corrected chi connectivity index (χ4v) is 2.78. The number of rotatable bonds is 4. The Kier molecular flexibility index (Phi) is 5.64. The zero-order valence-corrected chi connectivity index (χ0v) is 13.0. The number of carbonyl (C=O) groups excluding carboxylic acids is 1. The molecule has 4 nitrogen and oxygen atoms in total. The van der Waals surface area contributed by atoms with E-state index in [1.165, 1.54) is 18.2 Å². The molecule has 1 heterocycles. The van der Waals surface area contributed by atoms with E-state index < -0.39 is 17.8 Å². The third-order valence-corrected chi connectivity index (χ3v) is 3.91. The zero-order chi connectivity index (χ0) is 17.0. The molecule has 1 atom stereocenters. The van der Waals surface area contributed by atoms with Crippen LogP contribution in [0.5, 0.6) is 0 Å². The van der Waals surface area contributed by atoms with Crippen molar-refractivity contribution >= 4 is 5.91 Å². The summed E-state index contributed by atoms with van der Waals surface area (Å²) in [5.74, 6) is -0.293. The molecular formula is C16H21F3N2O2. The third kappa shape index (κ3) is 4.94. The Morgan fingerprint density at radius 3 is 2.39 bits per heavy atom. The topological polar surface area (TPSA) is 43.8 Å². The van der Waals surface area contributed by atoms with Crippen molar-refractivity contribution in [2.24, 2.45) is 0 Å².